The quantitative estimate of drug-likeness (QED) is 0.474. The normalized spacial score (nSPS) is 12.8. The number of thiazole rings is 1. The summed E-state index contributed by atoms with van der Waals surface area (Å²) < 4.78 is 11.5. The molecule has 29 heavy (non-hydrogen) atoms. The van der Waals surface area contributed by atoms with E-state index in [1.54, 1.807) is 23.5 Å². The first kappa shape index (κ1) is 19.1. The molecule has 0 aliphatic carbocycles. The van der Waals surface area contributed by atoms with Crippen LogP contribution in [0, 0.1) is 0 Å². The third-order valence-electron chi connectivity index (χ3n) is 4.41. The number of esters is 1. The van der Waals surface area contributed by atoms with Crippen LogP contribution in [0.4, 0.5) is 5.69 Å². The zero-order chi connectivity index (χ0) is 20.2. The average Bonchev–Trinajstić information content (AvgIpc) is 3.14. The molecule has 4 rings (SSSR count). The number of rotatable bonds is 7. The molecular weight excluding hydrogens is 392 g/mol. The second-order valence-electron chi connectivity index (χ2n) is 6.56. The second-order valence-corrected chi connectivity index (χ2v) is 7.68. The van der Waals surface area contributed by atoms with Crippen LogP contribution in [0.2, 0.25) is 0 Å². The van der Waals surface area contributed by atoms with Crippen molar-refractivity contribution in [3.63, 3.8) is 0 Å². The fraction of sp³-hybridized carbons (Fsp3) is 0.238. The third-order valence-corrected chi connectivity index (χ3v) is 5.50. The highest BCUT2D eigenvalue weighted by Crippen LogP contribution is 2.28. The first-order chi connectivity index (χ1) is 14.1. The van der Waals surface area contributed by atoms with E-state index in [2.05, 4.69) is 10.3 Å². The predicted molar refractivity (Wildman–Crippen MR) is 108 cm³/mol. The first-order valence-corrected chi connectivity index (χ1v) is 10.00. The topological polar surface area (TPSA) is 94.6 Å². The number of carbonyl (C=O) groups excluding carboxylic acids is 3. The maximum absolute atomic E-state index is 12.3. The van der Waals surface area contributed by atoms with Crippen molar-refractivity contribution < 1.29 is 23.9 Å². The highest BCUT2D eigenvalue weighted by atomic mass is 32.1. The fourth-order valence-corrected chi connectivity index (χ4v) is 3.98. The number of nitrogens with one attached hydrogen (secondary N) is 1. The van der Waals surface area contributed by atoms with Gasteiger partial charge in [-0.2, -0.15) is 0 Å². The minimum atomic E-state index is -0.422. The van der Waals surface area contributed by atoms with Gasteiger partial charge in [-0.3, -0.25) is 14.4 Å². The maximum atomic E-state index is 12.3. The van der Waals surface area contributed by atoms with Crippen LogP contribution in [0.5, 0.6) is 5.75 Å². The molecule has 0 saturated heterocycles. The molecule has 0 fully saturated rings. The van der Waals surface area contributed by atoms with Crippen LogP contribution >= 0.6 is 11.3 Å². The van der Waals surface area contributed by atoms with Gasteiger partial charge in [-0.25, -0.2) is 4.98 Å². The Morgan fingerprint density at radius 2 is 2.07 bits per heavy atom. The van der Waals surface area contributed by atoms with Gasteiger partial charge in [0.05, 0.1) is 20.9 Å². The van der Waals surface area contributed by atoms with Gasteiger partial charge in [-0.05, 0) is 43.2 Å². The van der Waals surface area contributed by atoms with Crippen LogP contribution in [0.15, 0.2) is 42.5 Å². The van der Waals surface area contributed by atoms with E-state index in [0.29, 0.717) is 29.8 Å². The van der Waals surface area contributed by atoms with Crippen LogP contribution < -0.4 is 10.1 Å². The number of carbonyl (C=O) groups is 3. The Morgan fingerprint density at radius 3 is 2.93 bits per heavy atom. The van der Waals surface area contributed by atoms with Gasteiger partial charge in [0.25, 0.3) is 5.91 Å². The Bertz CT molecular complexity index is 1060. The second kappa shape index (κ2) is 8.40. The average molecular weight is 410 g/mol. The number of benzene rings is 2. The number of para-hydroxylation sites is 1. The lowest BCUT2D eigenvalue weighted by Gasteiger charge is -2.18. The summed E-state index contributed by atoms with van der Waals surface area (Å²) in [7, 11) is 0. The molecule has 2 aromatic carbocycles. The molecule has 0 bridgehead atoms. The molecule has 148 valence electrons. The van der Waals surface area contributed by atoms with Gasteiger partial charge < -0.3 is 14.8 Å². The van der Waals surface area contributed by atoms with Gasteiger partial charge in [-0.1, -0.05) is 12.1 Å². The number of ketones is 1. The molecule has 1 N–H and O–H groups in total. The summed E-state index contributed by atoms with van der Waals surface area (Å²) in [5.74, 6) is -0.532. The number of Topliss-reactive ketones (excluding diaryl/α,β-unsaturated/α-hetero) is 1. The number of hydrogen-bond acceptors (Lipinski definition) is 7. The van der Waals surface area contributed by atoms with Gasteiger partial charge in [0, 0.05) is 12.0 Å². The molecule has 1 aliphatic heterocycles. The number of anilines is 1. The number of hydrogen-bond donors (Lipinski definition) is 1. The van der Waals surface area contributed by atoms with Gasteiger partial charge in [0.15, 0.2) is 19.0 Å². The number of amides is 1. The molecule has 0 unspecified atom stereocenters. The van der Waals surface area contributed by atoms with Gasteiger partial charge in [0.1, 0.15) is 5.75 Å². The van der Waals surface area contributed by atoms with E-state index < -0.39 is 5.97 Å². The smallest absolute Gasteiger partial charge is 0.306 e. The molecule has 1 amide bonds. The summed E-state index contributed by atoms with van der Waals surface area (Å²) in [5.41, 5.74) is 1.75. The lowest BCUT2D eigenvalue weighted by atomic mass is 10.1. The van der Waals surface area contributed by atoms with Crippen molar-refractivity contribution in [2.75, 3.05) is 18.5 Å². The minimum absolute atomic E-state index is 0.0467. The Kier molecular flexibility index (Phi) is 5.53. The van der Waals surface area contributed by atoms with E-state index in [1.807, 2.05) is 24.3 Å². The van der Waals surface area contributed by atoms with Crippen molar-refractivity contribution in [2.24, 2.45) is 0 Å². The van der Waals surface area contributed by atoms with E-state index in [4.69, 9.17) is 9.47 Å². The van der Waals surface area contributed by atoms with Gasteiger partial charge in [-0.15, -0.1) is 11.3 Å². The zero-order valence-electron chi connectivity index (χ0n) is 15.5. The van der Waals surface area contributed by atoms with E-state index in [9.17, 15) is 14.4 Å². The Balaban J connectivity index is 1.24. The number of ether oxygens (including phenoxy) is 2. The largest absolute Gasteiger partial charge is 0.482 e. The molecule has 1 aliphatic rings. The number of fused-ring (bicyclic) bond motifs is 2. The number of nitrogens with zero attached hydrogens (tertiary/aromatic N) is 1. The maximum Gasteiger partial charge on any atom is 0.306 e. The lowest BCUT2D eigenvalue weighted by Crippen LogP contribution is -2.25. The van der Waals surface area contributed by atoms with E-state index in [1.165, 1.54) is 6.07 Å². The van der Waals surface area contributed by atoms with Crippen molar-refractivity contribution in [1.82, 2.24) is 4.98 Å². The van der Waals surface area contributed by atoms with Crippen molar-refractivity contribution in [3.8, 4) is 5.75 Å². The van der Waals surface area contributed by atoms with Crippen LogP contribution in [0.1, 0.15) is 28.2 Å². The highest BCUT2D eigenvalue weighted by Gasteiger charge is 2.18. The van der Waals surface area contributed by atoms with Gasteiger partial charge in [0.2, 0.25) is 0 Å². The molecule has 0 spiro atoms. The highest BCUT2D eigenvalue weighted by molar-refractivity contribution is 7.18. The summed E-state index contributed by atoms with van der Waals surface area (Å²) in [6, 6.07) is 12.6. The first-order valence-electron chi connectivity index (χ1n) is 9.18. The predicted octanol–water partition coefficient (Wildman–Crippen LogP) is 3.38. The summed E-state index contributed by atoms with van der Waals surface area (Å²) in [4.78, 5) is 40.1. The van der Waals surface area contributed by atoms with Crippen LogP contribution in [0.25, 0.3) is 10.2 Å². The summed E-state index contributed by atoms with van der Waals surface area (Å²) >= 11 is 1.62. The van der Waals surface area contributed by atoms with Crippen molar-refractivity contribution in [3.05, 3.63) is 53.0 Å². The van der Waals surface area contributed by atoms with E-state index in [0.717, 1.165) is 15.2 Å². The van der Waals surface area contributed by atoms with Crippen molar-refractivity contribution in [1.29, 1.82) is 0 Å². The fourth-order valence-electron chi connectivity index (χ4n) is 2.97. The van der Waals surface area contributed by atoms with Crippen LogP contribution in [-0.2, 0) is 20.7 Å². The SMILES string of the molecule is O=C1COc2ccc(C(=O)COC(=O)CCCc3nc4ccccc4s3)cc2N1. The Labute approximate surface area is 170 Å². The van der Waals surface area contributed by atoms with Crippen molar-refractivity contribution >= 4 is 44.9 Å². The van der Waals surface area contributed by atoms with E-state index >= 15 is 0 Å². The van der Waals surface area contributed by atoms with Crippen LogP contribution in [0.3, 0.4) is 0 Å². The van der Waals surface area contributed by atoms with E-state index in [-0.39, 0.29) is 31.3 Å². The zero-order valence-corrected chi connectivity index (χ0v) is 16.3. The lowest BCUT2D eigenvalue weighted by molar-refractivity contribution is -0.142. The van der Waals surface area contributed by atoms with Gasteiger partial charge >= 0.3 is 5.97 Å². The molecule has 3 aromatic rings. The number of aryl methyl sites for hydroxylation is 1. The molecule has 1 aromatic heterocycles. The molecule has 0 radical (unpaired) electrons. The molecular formula is C21H18N2O5S. The van der Waals surface area contributed by atoms with Crippen molar-refractivity contribution in [2.45, 2.75) is 19.3 Å². The monoisotopic (exact) mass is 410 g/mol. The molecule has 7 nitrogen and oxygen atoms in total. The number of aromatic nitrogens is 1. The minimum Gasteiger partial charge on any atom is -0.482 e. The standard InChI is InChI=1S/C21H18N2O5S/c24-16(13-8-9-17-15(10-13)22-19(25)12-27-17)11-28-21(26)7-3-6-20-23-14-4-1-2-5-18(14)29-20/h1-2,4-5,8-10H,3,6-7,11-12H2,(H,22,25). The Morgan fingerprint density at radius 1 is 1.21 bits per heavy atom. The molecule has 0 atom stereocenters. The third kappa shape index (κ3) is 4.60. The molecule has 0 saturated carbocycles. The summed E-state index contributed by atoms with van der Waals surface area (Å²) in [6.07, 6.45) is 1.51. The Hall–Kier alpha value is -3.26. The summed E-state index contributed by atoms with van der Waals surface area (Å²) in [5, 5.41) is 3.62. The molecule has 2 heterocycles. The molecule has 8 heteroatoms. The van der Waals surface area contributed by atoms with Crippen LogP contribution in [-0.4, -0.2) is 35.9 Å². The summed E-state index contributed by atoms with van der Waals surface area (Å²) in [6.45, 7) is -0.386.